The van der Waals surface area contributed by atoms with Crippen LogP contribution in [0.1, 0.15) is 38.2 Å². The van der Waals surface area contributed by atoms with E-state index in [1.807, 2.05) is 18.2 Å². The Labute approximate surface area is 121 Å². The van der Waals surface area contributed by atoms with Gasteiger partial charge in [0.2, 0.25) is 0 Å². The molecule has 2 rings (SSSR count). The third-order valence-electron chi connectivity index (χ3n) is 4.36. The van der Waals surface area contributed by atoms with Crippen molar-refractivity contribution in [1.29, 1.82) is 0 Å². The highest BCUT2D eigenvalue weighted by molar-refractivity contribution is 5.76. The summed E-state index contributed by atoms with van der Waals surface area (Å²) >= 11 is 0. The second kappa shape index (κ2) is 7.44. The zero-order valence-electron chi connectivity index (χ0n) is 12.5. The smallest absolute Gasteiger partial charge is 0.323 e. The van der Waals surface area contributed by atoms with Crippen LogP contribution in [0.2, 0.25) is 0 Å². The van der Waals surface area contributed by atoms with E-state index in [1.165, 1.54) is 25.5 Å². The maximum atomic E-state index is 12.0. The molecule has 1 aromatic rings. The van der Waals surface area contributed by atoms with E-state index in [9.17, 15) is 4.79 Å². The average Bonchev–Trinajstić information content (AvgIpc) is 2.50. The number of hydrogen-bond acceptors (Lipinski definition) is 3. The van der Waals surface area contributed by atoms with E-state index in [0.717, 1.165) is 18.8 Å². The Morgan fingerprint density at radius 2 is 1.90 bits per heavy atom. The minimum atomic E-state index is -0.173. The van der Waals surface area contributed by atoms with Gasteiger partial charge in [-0.2, -0.15) is 0 Å². The van der Waals surface area contributed by atoms with Gasteiger partial charge in [-0.3, -0.25) is 4.79 Å². The molecule has 1 N–H and O–H groups in total. The summed E-state index contributed by atoms with van der Waals surface area (Å²) < 4.78 is 4.98. The van der Waals surface area contributed by atoms with Crippen LogP contribution in [0.15, 0.2) is 30.3 Å². The number of esters is 1. The molecule has 0 radical (unpaired) electrons. The summed E-state index contributed by atoms with van der Waals surface area (Å²) in [6.45, 7) is 3.01. The molecule has 0 spiro atoms. The van der Waals surface area contributed by atoms with E-state index in [4.69, 9.17) is 4.74 Å². The Balaban J connectivity index is 1.95. The zero-order chi connectivity index (χ0) is 14.4. The van der Waals surface area contributed by atoms with Gasteiger partial charge in [0, 0.05) is 6.54 Å². The monoisotopic (exact) mass is 275 g/mol. The van der Waals surface area contributed by atoms with Gasteiger partial charge in [0.05, 0.1) is 7.11 Å². The van der Waals surface area contributed by atoms with E-state index in [-0.39, 0.29) is 12.0 Å². The third kappa shape index (κ3) is 4.07. The number of carbonyl (C=O) groups excluding carboxylic acids is 1. The molecule has 1 atom stereocenters. The number of hydrogen-bond donors (Lipinski definition) is 1. The highest BCUT2D eigenvalue weighted by atomic mass is 16.5. The molecular formula is C17H25NO2. The molecule has 1 saturated carbocycles. The van der Waals surface area contributed by atoms with Gasteiger partial charge < -0.3 is 10.1 Å². The van der Waals surface area contributed by atoms with Crippen molar-refractivity contribution < 1.29 is 9.53 Å². The molecule has 1 fully saturated rings. The van der Waals surface area contributed by atoms with Crippen LogP contribution < -0.4 is 5.32 Å². The first-order chi connectivity index (χ1) is 9.70. The van der Waals surface area contributed by atoms with Crippen LogP contribution in [-0.2, 0) is 16.1 Å². The molecule has 110 valence electrons. The summed E-state index contributed by atoms with van der Waals surface area (Å²) in [6, 6.07) is 10.0. The van der Waals surface area contributed by atoms with Crippen molar-refractivity contribution in [3.05, 3.63) is 35.9 Å². The van der Waals surface area contributed by atoms with E-state index >= 15 is 0 Å². The molecule has 1 aromatic carbocycles. The molecule has 1 aliphatic carbocycles. The lowest BCUT2D eigenvalue weighted by molar-refractivity contribution is -0.145. The van der Waals surface area contributed by atoms with Crippen LogP contribution in [0.5, 0.6) is 0 Å². The maximum Gasteiger partial charge on any atom is 0.323 e. The number of benzene rings is 1. The van der Waals surface area contributed by atoms with Crippen LogP contribution >= 0.6 is 0 Å². The van der Waals surface area contributed by atoms with E-state index in [0.29, 0.717) is 12.5 Å². The van der Waals surface area contributed by atoms with Gasteiger partial charge in [0.25, 0.3) is 0 Å². The fourth-order valence-electron chi connectivity index (χ4n) is 3.01. The third-order valence-corrected chi connectivity index (χ3v) is 4.36. The van der Waals surface area contributed by atoms with Gasteiger partial charge in [0.15, 0.2) is 0 Å². The number of rotatable bonds is 5. The van der Waals surface area contributed by atoms with Crippen molar-refractivity contribution in [3.63, 3.8) is 0 Å². The molecule has 20 heavy (non-hydrogen) atoms. The van der Waals surface area contributed by atoms with Crippen molar-refractivity contribution >= 4 is 5.97 Å². The van der Waals surface area contributed by atoms with Gasteiger partial charge >= 0.3 is 5.97 Å². The minimum Gasteiger partial charge on any atom is -0.468 e. The fraction of sp³-hybridized carbons (Fsp3) is 0.588. The largest absolute Gasteiger partial charge is 0.468 e. The van der Waals surface area contributed by atoms with Crippen molar-refractivity contribution in [1.82, 2.24) is 5.32 Å². The normalized spacial score (nSPS) is 24.1. The van der Waals surface area contributed by atoms with Crippen molar-refractivity contribution in [2.45, 2.75) is 45.2 Å². The number of nitrogens with one attached hydrogen (secondary N) is 1. The molecule has 0 amide bonds. The Morgan fingerprint density at radius 1 is 1.25 bits per heavy atom. The Hall–Kier alpha value is -1.35. The molecule has 0 bridgehead atoms. The first-order valence-electron chi connectivity index (χ1n) is 7.56. The number of carbonyl (C=O) groups is 1. The van der Waals surface area contributed by atoms with Crippen molar-refractivity contribution in [2.75, 3.05) is 7.11 Å². The van der Waals surface area contributed by atoms with Crippen molar-refractivity contribution in [3.8, 4) is 0 Å². The van der Waals surface area contributed by atoms with Crippen molar-refractivity contribution in [2.24, 2.45) is 11.8 Å². The summed E-state index contributed by atoms with van der Waals surface area (Å²) in [6.07, 6.45) is 4.65. The topological polar surface area (TPSA) is 38.3 Å². The Kier molecular flexibility index (Phi) is 5.60. The Morgan fingerprint density at radius 3 is 2.50 bits per heavy atom. The summed E-state index contributed by atoms with van der Waals surface area (Å²) in [4.78, 5) is 12.0. The molecule has 3 nitrogen and oxygen atoms in total. The lowest BCUT2D eigenvalue weighted by atomic mass is 9.79. The van der Waals surface area contributed by atoms with Gasteiger partial charge in [0.1, 0.15) is 6.04 Å². The average molecular weight is 275 g/mol. The summed E-state index contributed by atoms with van der Waals surface area (Å²) in [7, 11) is 1.48. The minimum absolute atomic E-state index is 0.125. The number of ether oxygens (including phenoxy) is 1. The zero-order valence-corrected chi connectivity index (χ0v) is 12.5. The quantitative estimate of drug-likeness (QED) is 0.839. The fourth-order valence-corrected chi connectivity index (χ4v) is 3.01. The van der Waals surface area contributed by atoms with Crippen LogP contribution in [0.4, 0.5) is 0 Å². The molecule has 0 aromatic heterocycles. The second-order valence-corrected chi connectivity index (χ2v) is 5.89. The summed E-state index contributed by atoms with van der Waals surface area (Å²) in [5.41, 5.74) is 1.20. The molecule has 0 aliphatic heterocycles. The predicted molar refractivity (Wildman–Crippen MR) is 80.2 cm³/mol. The van der Waals surface area contributed by atoms with E-state index in [1.54, 1.807) is 0 Å². The highest BCUT2D eigenvalue weighted by Crippen LogP contribution is 2.31. The molecule has 1 aliphatic rings. The first kappa shape index (κ1) is 15.0. The van der Waals surface area contributed by atoms with Gasteiger partial charge in [-0.15, -0.1) is 0 Å². The summed E-state index contributed by atoms with van der Waals surface area (Å²) in [5.74, 6) is 1.07. The van der Waals surface area contributed by atoms with Gasteiger partial charge in [-0.25, -0.2) is 0 Å². The SMILES string of the molecule is COC(=O)C(NCc1ccccc1)C1CCC(C)CC1. The lowest BCUT2D eigenvalue weighted by Gasteiger charge is -2.31. The molecule has 0 saturated heterocycles. The number of methoxy groups -OCH3 is 1. The maximum absolute atomic E-state index is 12.0. The highest BCUT2D eigenvalue weighted by Gasteiger charge is 2.31. The lowest BCUT2D eigenvalue weighted by Crippen LogP contribution is -2.44. The predicted octanol–water partition coefficient (Wildman–Crippen LogP) is 3.14. The standard InChI is InChI=1S/C17H25NO2/c1-13-8-10-15(11-9-13)16(17(19)20-2)18-12-14-6-4-3-5-7-14/h3-7,13,15-16,18H,8-12H2,1-2H3. The van der Waals surface area contributed by atoms with Crippen LogP contribution in [-0.4, -0.2) is 19.1 Å². The van der Waals surface area contributed by atoms with E-state index < -0.39 is 0 Å². The second-order valence-electron chi connectivity index (χ2n) is 5.89. The van der Waals surface area contributed by atoms with Gasteiger partial charge in [-0.05, 0) is 30.2 Å². The Bertz CT molecular complexity index is 410. The summed E-state index contributed by atoms with van der Waals surface area (Å²) in [5, 5.41) is 3.40. The van der Waals surface area contributed by atoms with Crippen LogP contribution in [0.25, 0.3) is 0 Å². The van der Waals surface area contributed by atoms with Crippen LogP contribution in [0.3, 0.4) is 0 Å². The molecular weight excluding hydrogens is 250 g/mol. The van der Waals surface area contributed by atoms with E-state index in [2.05, 4.69) is 24.4 Å². The first-order valence-corrected chi connectivity index (χ1v) is 7.56. The van der Waals surface area contributed by atoms with Crippen LogP contribution in [0, 0.1) is 11.8 Å². The molecule has 3 heteroatoms. The van der Waals surface area contributed by atoms with Gasteiger partial charge in [-0.1, -0.05) is 50.1 Å². The molecule has 1 unspecified atom stereocenters. The molecule has 0 heterocycles.